The van der Waals surface area contributed by atoms with Crippen LogP contribution in [0.15, 0.2) is 0 Å². The van der Waals surface area contributed by atoms with Crippen LogP contribution in [0.2, 0.25) is 0 Å². The van der Waals surface area contributed by atoms with Gasteiger partial charge in [-0.2, -0.15) is 0 Å². The molecule has 0 radical (unpaired) electrons. The molecule has 1 N–H and O–H groups in total. The van der Waals surface area contributed by atoms with Crippen molar-refractivity contribution in [3.63, 3.8) is 0 Å². The minimum Gasteiger partial charge on any atom is -0.348 e. The number of amides is 2. The van der Waals surface area contributed by atoms with Crippen LogP contribution in [0.1, 0.15) is 6.92 Å². The number of hydrogen-bond acceptors (Lipinski definition) is 3. The van der Waals surface area contributed by atoms with Crippen molar-refractivity contribution in [1.82, 2.24) is 15.1 Å². The third-order valence-electron chi connectivity index (χ3n) is 1.87. The lowest BCUT2D eigenvalue weighted by Gasteiger charge is -2.18. The van der Waals surface area contributed by atoms with Gasteiger partial charge in [0, 0.05) is 28.2 Å². The van der Waals surface area contributed by atoms with Crippen molar-refractivity contribution in [1.29, 1.82) is 0 Å². The third kappa shape index (κ3) is 4.23. The van der Waals surface area contributed by atoms with E-state index < -0.39 is 0 Å². The maximum Gasteiger partial charge on any atom is 0.238 e. The zero-order valence-electron chi connectivity index (χ0n) is 9.50. The summed E-state index contributed by atoms with van der Waals surface area (Å²) in [6, 6.07) is -0.325. The first-order chi connectivity index (χ1) is 6.36. The van der Waals surface area contributed by atoms with Crippen molar-refractivity contribution in [3.05, 3.63) is 0 Å². The van der Waals surface area contributed by atoms with Gasteiger partial charge < -0.3 is 9.80 Å². The predicted octanol–water partition coefficient (Wildman–Crippen LogP) is -0.859. The Hall–Kier alpha value is -1.10. The summed E-state index contributed by atoms with van der Waals surface area (Å²) in [5.41, 5.74) is 0. The maximum absolute atomic E-state index is 11.4. The Morgan fingerprint density at radius 1 is 1.14 bits per heavy atom. The summed E-state index contributed by atoms with van der Waals surface area (Å²) in [6.07, 6.45) is 0. The highest BCUT2D eigenvalue weighted by Crippen LogP contribution is 1.88. The highest BCUT2D eigenvalue weighted by atomic mass is 16.2. The number of nitrogens with one attached hydrogen (secondary N) is 1. The Bertz CT molecular complexity index is 214. The monoisotopic (exact) mass is 201 g/mol. The van der Waals surface area contributed by atoms with Crippen molar-refractivity contribution < 1.29 is 9.59 Å². The minimum absolute atomic E-state index is 0.0310. The van der Waals surface area contributed by atoms with E-state index >= 15 is 0 Å². The Morgan fingerprint density at radius 3 is 2.00 bits per heavy atom. The van der Waals surface area contributed by atoms with E-state index in [0.717, 1.165) is 0 Å². The van der Waals surface area contributed by atoms with Crippen molar-refractivity contribution in [2.24, 2.45) is 0 Å². The molecule has 1 atom stereocenters. The second kappa shape index (κ2) is 5.59. The predicted molar refractivity (Wildman–Crippen MR) is 54.9 cm³/mol. The van der Waals surface area contributed by atoms with Gasteiger partial charge in [0.05, 0.1) is 12.6 Å². The van der Waals surface area contributed by atoms with Gasteiger partial charge in [-0.3, -0.25) is 14.9 Å². The quantitative estimate of drug-likeness (QED) is 0.644. The summed E-state index contributed by atoms with van der Waals surface area (Å²) in [5.74, 6) is -0.0695. The number of nitrogens with zero attached hydrogens (tertiary/aromatic N) is 2. The second-order valence-corrected chi connectivity index (χ2v) is 3.62. The lowest BCUT2D eigenvalue weighted by Crippen LogP contribution is -2.45. The van der Waals surface area contributed by atoms with E-state index in [2.05, 4.69) is 5.32 Å². The van der Waals surface area contributed by atoms with Crippen LogP contribution in [0.4, 0.5) is 0 Å². The summed E-state index contributed by atoms with van der Waals surface area (Å²) in [6.45, 7) is 1.93. The van der Waals surface area contributed by atoms with Crippen LogP contribution in [0.5, 0.6) is 0 Å². The minimum atomic E-state index is -0.325. The molecule has 82 valence electrons. The van der Waals surface area contributed by atoms with Crippen molar-refractivity contribution >= 4 is 11.8 Å². The zero-order chi connectivity index (χ0) is 11.3. The summed E-state index contributed by atoms with van der Waals surface area (Å²) in [5, 5.41) is 2.86. The van der Waals surface area contributed by atoms with Gasteiger partial charge >= 0.3 is 0 Å². The second-order valence-electron chi connectivity index (χ2n) is 3.62. The molecule has 5 nitrogen and oxygen atoms in total. The lowest BCUT2D eigenvalue weighted by molar-refractivity contribution is -0.131. The number of rotatable bonds is 4. The Kier molecular flexibility index (Phi) is 5.15. The standard InChI is InChI=1S/C9H19N3O2/c1-7(9(14)12(4)5)10-6-8(13)11(2)3/h7,10H,6H2,1-5H3. The smallest absolute Gasteiger partial charge is 0.238 e. The molecule has 1 unspecified atom stereocenters. The van der Waals surface area contributed by atoms with E-state index in [9.17, 15) is 9.59 Å². The molecule has 5 heteroatoms. The maximum atomic E-state index is 11.4. The van der Waals surface area contributed by atoms with E-state index in [0.29, 0.717) is 0 Å². The zero-order valence-corrected chi connectivity index (χ0v) is 9.50. The highest BCUT2D eigenvalue weighted by molar-refractivity contribution is 5.82. The van der Waals surface area contributed by atoms with Gasteiger partial charge in [0.2, 0.25) is 11.8 Å². The largest absolute Gasteiger partial charge is 0.348 e. The number of carbonyl (C=O) groups excluding carboxylic acids is 2. The van der Waals surface area contributed by atoms with Gasteiger partial charge in [-0.1, -0.05) is 0 Å². The molecule has 0 aliphatic heterocycles. The van der Waals surface area contributed by atoms with E-state index in [4.69, 9.17) is 0 Å². The molecule has 0 saturated carbocycles. The fourth-order valence-corrected chi connectivity index (χ4v) is 0.873. The SMILES string of the molecule is CC(NCC(=O)N(C)C)C(=O)N(C)C. The normalized spacial score (nSPS) is 12.1. The van der Waals surface area contributed by atoms with Crippen LogP contribution >= 0.6 is 0 Å². The van der Waals surface area contributed by atoms with Crippen LogP contribution < -0.4 is 5.32 Å². The number of likely N-dealkylation sites (N-methyl/N-ethyl adjacent to an activating group) is 2. The number of carbonyl (C=O) groups is 2. The summed E-state index contributed by atoms with van der Waals surface area (Å²) in [7, 11) is 6.74. The third-order valence-corrected chi connectivity index (χ3v) is 1.87. The lowest BCUT2D eigenvalue weighted by atomic mass is 10.3. The van der Waals surface area contributed by atoms with Gasteiger partial charge in [-0.05, 0) is 6.92 Å². The van der Waals surface area contributed by atoms with Gasteiger partial charge in [0.25, 0.3) is 0 Å². The Labute approximate surface area is 85.1 Å². The molecule has 0 aromatic heterocycles. The average Bonchev–Trinajstić information content (AvgIpc) is 2.11. The molecule has 0 fully saturated rings. The molecule has 2 amide bonds. The fraction of sp³-hybridized carbons (Fsp3) is 0.778. The summed E-state index contributed by atoms with van der Waals surface area (Å²) >= 11 is 0. The highest BCUT2D eigenvalue weighted by Gasteiger charge is 2.15. The average molecular weight is 201 g/mol. The Balaban J connectivity index is 3.91. The molecular weight excluding hydrogens is 182 g/mol. The molecule has 0 spiro atoms. The van der Waals surface area contributed by atoms with Crippen LogP contribution in [0.3, 0.4) is 0 Å². The van der Waals surface area contributed by atoms with E-state index in [1.54, 1.807) is 35.1 Å². The van der Waals surface area contributed by atoms with Crippen LogP contribution in [-0.2, 0) is 9.59 Å². The first-order valence-electron chi connectivity index (χ1n) is 4.51. The molecule has 14 heavy (non-hydrogen) atoms. The molecule has 0 bridgehead atoms. The number of hydrogen-bond donors (Lipinski definition) is 1. The van der Waals surface area contributed by atoms with Crippen LogP contribution in [0, 0.1) is 0 Å². The molecule has 0 aromatic carbocycles. The molecule has 0 aromatic rings. The van der Waals surface area contributed by atoms with Crippen molar-refractivity contribution in [2.75, 3.05) is 34.7 Å². The molecule has 0 heterocycles. The molecule has 0 aliphatic rings. The summed E-state index contributed by atoms with van der Waals surface area (Å²) < 4.78 is 0. The first-order valence-corrected chi connectivity index (χ1v) is 4.51. The molecule has 0 saturated heterocycles. The van der Waals surface area contributed by atoms with E-state index in [-0.39, 0.29) is 24.4 Å². The van der Waals surface area contributed by atoms with Gasteiger partial charge in [-0.25, -0.2) is 0 Å². The van der Waals surface area contributed by atoms with Crippen LogP contribution in [-0.4, -0.2) is 62.4 Å². The fourth-order valence-electron chi connectivity index (χ4n) is 0.873. The molecule has 0 aliphatic carbocycles. The van der Waals surface area contributed by atoms with Gasteiger partial charge in [-0.15, -0.1) is 0 Å². The molecular formula is C9H19N3O2. The van der Waals surface area contributed by atoms with Crippen LogP contribution in [0.25, 0.3) is 0 Å². The van der Waals surface area contributed by atoms with E-state index in [1.165, 1.54) is 9.80 Å². The van der Waals surface area contributed by atoms with Gasteiger partial charge in [0.1, 0.15) is 0 Å². The Morgan fingerprint density at radius 2 is 1.64 bits per heavy atom. The van der Waals surface area contributed by atoms with Crippen molar-refractivity contribution in [3.8, 4) is 0 Å². The van der Waals surface area contributed by atoms with Gasteiger partial charge in [0.15, 0.2) is 0 Å². The summed E-state index contributed by atoms with van der Waals surface area (Å²) in [4.78, 5) is 25.5. The molecule has 0 rings (SSSR count). The first kappa shape index (κ1) is 12.9. The van der Waals surface area contributed by atoms with Crippen molar-refractivity contribution in [2.45, 2.75) is 13.0 Å². The van der Waals surface area contributed by atoms with E-state index in [1.807, 2.05) is 0 Å². The topological polar surface area (TPSA) is 52.7 Å².